The summed E-state index contributed by atoms with van der Waals surface area (Å²) >= 11 is 0. The maximum atomic E-state index is 13.0. The molecule has 0 radical (unpaired) electrons. The highest BCUT2D eigenvalue weighted by molar-refractivity contribution is 7.90. The molecule has 1 aromatic heterocycles. The maximum absolute atomic E-state index is 13.0. The van der Waals surface area contributed by atoms with Crippen molar-refractivity contribution < 1.29 is 13.2 Å². The number of sulfone groups is 1. The van der Waals surface area contributed by atoms with Gasteiger partial charge in [-0.1, -0.05) is 51.1 Å². The Bertz CT molecular complexity index is 1280. The molecule has 0 aliphatic carbocycles. The number of allylic oxidation sites excluding steroid dienone is 1. The van der Waals surface area contributed by atoms with Crippen LogP contribution in [-0.2, 0) is 9.84 Å². The number of amides is 1. The average molecular weight is 451 g/mol. The lowest BCUT2D eigenvalue weighted by Crippen LogP contribution is -2.13. The first-order chi connectivity index (χ1) is 14.9. The molecule has 0 fully saturated rings. The smallest absolute Gasteiger partial charge is 0.257 e. The van der Waals surface area contributed by atoms with Gasteiger partial charge in [-0.25, -0.2) is 8.42 Å². The number of carbonyl (C=O) groups excluding carboxylic acids is 1. The number of benzene rings is 2. The van der Waals surface area contributed by atoms with E-state index < -0.39 is 9.84 Å². The second-order valence-corrected chi connectivity index (χ2v) is 11.1. The Morgan fingerprint density at radius 3 is 2.22 bits per heavy atom. The van der Waals surface area contributed by atoms with Gasteiger partial charge in [-0.15, -0.1) is 0 Å². The summed E-state index contributed by atoms with van der Waals surface area (Å²) in [6.07, 6.45) is 5.45. The Hall–Kier alpha value is -3.12. The molecule has 168 valence electrons. The van der Waals surface area contributed by atoms with Crippen molar-refractivity contribution in [1.82, 2.24) is 4.57 Å². The van der Waals surface area contributed by atoms with Gasteiger partial charge in [0.25, 0.3) is 5.91 Å². The topological polar surface area (TPSA) is 68.2 Å². The molecule has 3 rings (SSSR count). The van der Waals surface area contributed by atoms with Crippen LogP contribution in [0.1, 0.15) is 48.1 Å². The van der Waals surface area contributed by atoms with Crippen LogP contribution < -0.4 is 5.32 Å². The number of nitrogens with zero attached hydrogens (tertiary/aromatic N) is 1. The summed E-state index contributed by atoms with van der Waals surface area (Å²) in [4.78, 5) is 13.2. The van der Waals surface area contributed by atoms with E-state index in [1.54, 1.807) is 12.1 Å². The van der Waals surface area contributed by atoms with Gasteiger partial charge in [-0.3, -0.25) is 4.79 Å². The van der Waals surface area contributed by atoms with Crippen molar-refractivity contribution in [3.05, 3.63) is 83.2 Å². The quantitative estimate of drug-likeness (QED) is 0.533. The van der Waals surface area contributed by atoms with Gasteiger partial charge in [0.2, 0.25) is 0 Å². The second kappa shape index (κ2) is 8.79. The zero-order valence-corrected chi connectivity index (χ0v) is 20.2. The molecule has 0 atom stereocenters. The third-order valence-corrected chi connectivity index (χ3v) is 6.29. The lowest BCUT2D eigenvalue weighted by molar-refractivity contribution is 0.102. The lowest BCUT2D eigenvalue weighted by atomic mass is 9.95. The molecular formula is C26H30N2O3S. The molecule has 1 amide bonds. The molecule has 0 saturated carbocycles. The van der Waals surface area contributed by atoms with Crippen LogP contribution in [0.2, 0.25) is 0 Å². The molecule has 3 aromatic rings. The standard InChI is InChI=1S/C26H30N2O3S/c1-18-17-23(25(29)27-21-11-13-22(14-12-21)32(6,30)31)19(2)28(18)24-10-8-7-9-20(24)15-16-26(3,4)5/h7-17H,1-6H3,(H,27,29)/b16-15+. The van der Waals surface area contributed by atoms with Gasteiger partial charge in [0.05, 0.1) is 16.1 Å². The number of hydrogen-bond donors (Lipinski definition) is 1. The molecule has 6 heteroatoms. The average Bonchev–Trinajstić information content (AvgIpc) is 3.00. The van der Waals surface area contributed by atoms with Gasteiger partial charge in [-0.05, 0) is 61.2 Å². The van der Waals surface area contributed by atoms with E-state index in [-0.39, 0.29) is 16.2 Å². The van der Waals surface area contributed by atoms with Gasteiger partial charge in [-0.2, -0.15) is 0 Å². The fourth-order valence-corrected chi connectivity index (χ4v) is 4.15. The second-order valence-electron chi connectivity index (χ2n) is 9.13. The number of rotatable bonds is 5. The van der Waals surface area contributed by atoms with E-state index in [1.165, 1.54) is 12.1 Å². The van der Waals surface area contributed by atoms with Crippen LogP contribution in [0.4, 0.5) is 5.69 Å². The summed E-state index contributed by atoms with van der Waals surface area (Å²) in [7, 11) is -3.28. The van der Waals surface area contributed by atoms with E-state index in [9.17, 15) is 13.2 Å². The van der Waals surface area contributed by atoms with Crippen LogP contribution >= 0.6 is 0 Å². The Balaban J connectivity index is 1.94. The largest absolute Gasteiger partial charge is 0.322 e. The van der Waals surface area contributed by atoms with E-state index in [4.69, 9.17) is 0 Å². The minimum absolute atomic E-state index is 0.0611. The highest BCUT2D eigenvalue weighted by Crippen LogP contribution is 2.27. The number of aryl methyl sites for hydroxylation is 1. The Kier molecular flexibility index (Phi) is 6.46. The monoisotopic (exact) mass is 450 g/mol. The highest BCUT2D eigenvalue weighted by atomic mass is 32.2. The summed E-state index contributed by atoms with van der Waals surface area (Å²) in [6, 6.07) is 16.2. The van der Waals surface area contributed by atoms with Crippen LogP contribution in [0.5, 0.6) is 0 Å². The molecule has 0 saturated heterocycles. The first-order valence-corrected chi connectivity index (χ1v) is 12.3. The van der Waals surface area contributed by atoms with E-state index in [0.717, 1.165) is 28.9 Å². The summed E-state index contributed by atoms with van der Waals surface area (Å²) in [5.41, 5.74) is 5.06. The molecule has 32 heavy (non-hydrogen) atoms. The van der Waals surface area contributed by atoms with Crippen molar-refractivity contribution in [3.63, 3.8) is 0 Å². The zero-order valence-electron chi connectivity index (χ0n) is 19.4. The van der Waals surface area contributed by atoms with E-state index >= 15 is 0 Å². The van der Waals surface area contributed by atoms with Gasteiger partial charge in [0.1, 0.15) is 0 Å². The Labute approximate surface area is 190 Å². The number of para-hydroxylation sites is 1. The number of aromatic nitrogens is 1. The van der Waals surface area contributed by atoms with E-state index in [2.05, 4.69) is 48.9 Å². The predicted molar refractivity (Wildman–Crippen MR) is 131 cm³/mol. The molecule has 0 aliphatic rings. The molecule has 1 N–H and O–H groups in total. The van der Waals surface area contributed by atoms with Gasteiger partial charge in [0, 0.05) is 23.3 Å². The Morgan fingerprint density at radius 2 is 1.62 bits per heavy atom. The minimum Gasteiger partial charge on any atom is -0.322 e. The molecule has 5 nitrogen and oxygen atoms in total. The van der Waals surface area contributed by atoms with Crippen molar-refractivity contribution in [3.8, 4) is 5.69 Å². The van der Waals surface area contributed by atoms with E-state index in [1.807, 2.05) is 38.1 Å². The highest BCUT2D eigenvalue weighted by Gasteiger charge is 2.18. The number of anilines is 1. The summed E-state index contributed by atoms with van der Waals surface area (Å²) < 4.78 is 25.4. The molecular weight excluding hydrogens is 420 g/mol. The van der Waals surface area contributed by atoms with Crippen LogP contribution in [0, 0.1) is 19.3 Å². The van der Waals surface area contributed by atoms with Gasteiger partial charge in [0.15, 0.2) is 9.84 Å². The third-order valence-electron chi connectivity index (χ3n) is 5.16. The van der Waals surface area contributed by atoms with Crippen LogP contribution in [0.25, 0.3) is 11.8 Å². The summed E-state index contributed by atoms with van der Waals surface area (Å²) in [6.45, 7) is 10.4. The lowest BCUT2D eigenvalue weighted by Gasteiger charge is -2.15. The number of carbonyl (C=O) groups is 1. The molecule has 1 heterocycles. The first-order valence-electron chi connectivity index (χ1n) is 10.5. The van der Waals surface area contributed by atoms with Crippen molar-refractivity contribution in [2.75, 3.05) is 11.6 Å². The minimum atomic E-state index is -3.28. The fraction of sp³-hybridized carbons (Fsp3) is 0.269. The van der Waals surface area contributed by atoms with Crippen LogP contribution in [0.3, 0.4) is 0 Å². The van der Waals surface area contributed by atoms with Crippen LogP contribution in [-0.4, -0.2) is 25.1 Å². The molecule has 0 unspecified atom stereocenters. The summed E-state index contributed by atoms with van der Waals surface area (Å²) in [5, 5.41) is 2.87. The van der Waals surface area contributed by atoms with Crippen molar-refractivity contribution in [2.24, 2.45) is 5.41 Å². The van der Waals surface area contributed by atoms with Crippen molar-refractivity contribution in [1.29, 1.82) is 0 Å². The number of nitrogens with one attached hydrogen (secondary N) is 1. The zero-order chi connectivity index (χ0) is 23.7. The maximum Gasteiger partial charge on any atom is 0.257 e. The fourth-order valence-electron chi connectivity index (χ4n) is 3.52. The molecule has 0 spiro atoms. The van der Waals surface area contributed by atoms with Crippen molar-refractivity contribution >= 4 is 27.5 Å². The third kappa shape index (κ3) is 5.37. The summed E-state index contributed by atoms with van der Waals surface area (Å²) in [5.74, 6) is -0.237. The molecule has 2 aromatic carbocycles. The van der Waals surface area contributed by atoms with Gasteiger partial charge < -0.3 is 9.88 Å². The van der Waals surface area contributed by atoms with Crippen molar-refractivity contribution in [2.45, 2.75) is 39.5 Å². The Morgan fingerprint density at radius 1 is 1.00 bits per heavy atom. The molecule has 0 bridgehead atoms. The van der Waals surface area contributed by atoms with Gasteiger partial charge >= 0.3 is 0 Å². The van der Waals surface area contributed by atoms with E-state index in [0.29, 0.717) is 11.3 Å². The van der Waals surface area contributed by atoms with Crippen LogP contribution in [0.15, 0.2) is 65.6 Å². The SMILES string of the molecule is Cc1cc(C(=O)Nc2ccc(S(C)(=O)=O)cc2)c(C)n1-c1ccccc1/C=C/C(C)(C)C. The predicted octanol–water partition coefficient (Wildman–Crippen LogP) is 5.81. The number of hydrogen-bond acceptors (Lipinski definition) is 3. The first kappa shape index (κ1) is 23.5. The molecule has 0 aliphatic heterocycles. The normalized spacial score (nSPS) is 12.3.